The predicted octanol–water partition coefficient (Wildman–Crippen LogP) is 0.0316. The molecule has 1 heterocycles. The Labute approximate surface area is 138 Å². The number of halogens is 3. The zero-order valence-electron chi connectivity index (χ0n) is 9.97. The van der Waals surface area contributed by atoms with Crippen molar-refractivity contribution in [1.29, 1.82) is 0 Å². The molecule has 0 bridgehead atoms. The fourth-order valence-electron chi connectivity index (χ4n) is 3.22. The van der Waals surface area contributed by atoms with Crippen LogP contribution >= 0.6 is 0 Å². The minimum absolute atomic E-state index is 0. The second-order valence-corrected chi connectivity index (χ2v) is 4.96. The van der Waals surface area contributed by atoms with E-state index >= 15 is 0 Å². The molecule has 1 aliphatic carbocycles. The summed E-state index contributed by atoms with van der Waals surface area (Å²) in [5, 5.41) is 0. The second-order valence-electron chi connectivity index (χ2n) is 4.96. The number of piperidine rings is 1. The molecule has 1 saturated heterocycles. The van der Waals surface area contributed by atoms with Crippen LogP contribution in [0.5, 0.6) is 0 Å². The zero-order chi connectivity index (χ0) is 10.9. The molecule has 0 aromatic rings. The molecule has 2 unspecified atom stereocenters. The fourth-order valence-corrected chi connectivity index (χ4v) is 3.22. The fraction of sp³-hybridized carbons (Fsp3) is 1.00. The molecule has 88 valence electrons. The molecule has 0 radical (unpaired) electrons. The Morgan fingerprint density at radius 3 is 2.31 bits per heavy atom. The maximum atomic E-state index is 12.4. The Morgan fingerprint density at radius 1 is 1.00 bits per heavy atom. The first-order chi connectivity index (χ1) is 7.06. The molecule has 2 aliphatic rings. The SMILES string of the molecule is F[B-](F)(F)CN1CCCC2CCCCC21.[K+]. The van der Waals surface area contributed by atoms with Gasteiger partial charge in [0.05, 0.1) is 0 Å². The Bertz CT molecular complexity index is 223. The van der Waals surface area contributed by atoms with Crippen molar-refractivity contribution in [3.63, 3.8) is 0 Å². The monoisotopic (exact) mass is 259 g/mol. The third-order valence-corrected chi connectivity index (χ3v) is 3.80. The molecule has 0 spiro atoms. The maximum absolute atomic E-state index is 12.4. The van der Waals surface area contributed by atoms with Gasteiger partial charge in [-0.25, -0.2) is 0 Å². The summed E-state index contributed by atoms with van der Waals surface area (Å²) in [6, 6.07) is 0.232. The van der Waals surface area contributed by atoms with Gasteiger partial charge in [-0.2, -0.15) is 0 Å². The van der Waals surface area contributed by atoms with E-state index in [1.165, 1.54) is 6.42 Å². The Hall–Kier alpha value is 1.45. The third kappa shape index (κ3) is 4.28. The van der Waals surface area contributed by atoms with Gasteiger partial charge in [0.2, 0.25) is 0 Å². The van der Waals surface area contributed by atoms with Crippen LogP contribution in [0.1, 0.15) is 38.5 Å². The third-order valence-electron chi connectivity index (χ3n) is 3.80. The first-order valence-electron chi connectivity index (χ1n) is 6.01. The van der Waals surface area contributed by atoms with E-state index < -0.39 is 13.4 Å². The summed E-state index contributed by atoms with van der Waals surface area (Å²) in [6.45, 7) is -3.99. The molecule has 0 aromatic carbocycles. The van der Waals surface area contributed by atoms with Crippen LogP contribution in [0.3, 0.4) is 0 Å². The number of hydrogen-bond acceptors (Lipinski definition) is 1. The normalized spacial score (nSPS) is 31.7. The quantitative estimate of drug-likeness (QED) is 0.633. The molecule has 0 N–H and O–H groups in total. The summed E-state index contributed by atoms with van der Waals surface area (Å²) in [5.41, 5.74) is 0. The van der Waals surface area contributed by atoms with Gasteiger partial charge in [-0.1, -0.05) is 12.8 Å². The Morgan fingerprint density at radius 2 is 1.62 bits per heavy atom. The molecule has 0 amide bonds. The minimum Gasteiger partial charge on any atom is -0.448 e. The van der Waals surface area contributed by atoms with Crippen molar-refractivity contribution >= 4 is 6.98 Å². The molecule has 0 aromatic heterocycles. The van der Waals surface area contributed by atoms with Gasteiger partial charge in [0, 0.05) is 6.04 Å². The van der Waals surface area contributed by atoms with Crippen LogP contribution in [0.25, 0.3) is 0 Å². The molecule has 16 heavy (non-hydrogen) atoms. The van der Waals surface area contributed by atoms with E-state index in [1.807, 2.05) is 0 Å². The van der Waals surface area contributed by atoms with E-state index in [1.54, 1.807) is 4.90 Å². The van der Waals surface area contributed by atoms with E-state index in [9.17, 15) is 12.9 Å². The number of fused-ring (bicyclic) bond motifs is 1. The summed E-state index contributed by atoms with van der Waals surface area (Å²) in [4.78, 5) is 1.70. The summed E-state index contributed by atoms with van der Waals surface area (Å²) in [6.07, 6.45) is 5.91. The van der Waals surface area contributed by atoms with Gasteiger partial charge in [-0.3, -0.25) is 0 Å². The summed E-state index contributed by atoms with van der Waals surface area (Å²) < 4.78 is 37.3. The van der Waals surface area contributed by atoms with Gasteiger partial charge in [-0.05, 0) is 44.6 Å². The van der Waals surface area contributed by atoms with E-state index in [0.29, 0.717) is 12.5 Å². The van der Waals surface area contributed by atoms with Crippen molar-refractivity contribution in [2.45, 2.75) is 44.6 Å². The zero-order valence-corrected chi connectivity index (χ0v) is 13.1. The van der Waals surface area contributed by atoms with Gasteiger partial charge < -0.3 is 17.8 Å². The van der Waals surface area contributed by atoms with Crippen molar-refractivity contribution in [3.05, 3.63) is 0 Å². The first-order valence-corrected chi connectivity index (χ1v) is 6.01. The summed E-state index contributed by atoms with van der Waals surface area (Å²) in [5.74, 6) is 0.547. The summed E-state index contributed by atoms with van der Waals surface area (Å²) in [7, 11) is 0. The van der Waals surface area contributed by atoms with Crippen molar-refractivity contribution in [1.82, 2.24) is 4.90 Å². The van der Waals surface area contributed by atoms with E-state index in [2.05, 4.69) is 0 Å². The van der Waals surface area contributed by atoms with Gasteiger partial charge in [-0.15, -0.1) is 0 Å². The number of hydrogen-bond donors (Lipinski definition) is 0. The van der Waals surface area contributed by atoms with Gasteiger partial charge in [0.1, 0.15) is 0 Å². The largest absolute Gasteiger partial charge is 1.00 e. The molecule has 1 aliphatic heterocycles. The molecular formula is C10H18BF3KN. The molecule has 2 atom stereocenters. The molecule has 6 heteroatoms. The van der Waals surface area contributed by atoms with Crippen LogP contribution < -0.4 is 51.4 Å². The van der Waals surface area contributed by atoms with Crippen LogP contribution in [0, 0.1) is 5.92 Å². The smallest absolute Gasteiger partial charge is 0.448 e. The van der Waals surface area contributed by atoms with Gasteiger partial charge in [0.25, 0.3) is 0 Å². The molecule has 1 nitrogen and oxygen atoms in total. The van der Waals surface area contributed by atoms with Crippen molar-refractivity contribution in [3.8, 4) is 0 Å². The van der Waals surface area contributed by atoms with Crippen molar-refractivity contribution in [2.75, 3.05) is 13.0 Å². The van der Waals surface area contributed by atoms with Crippen LogP contribution in [-0.2, 0) is 0 Å². The molecular weight excluding hydrogens is 241 g/mol. The van der Waals surface area contributed by atoms with Crippen LogP contribution in [0.4, 0.5) is 12.9 Å². The number of likely N-dealkylation sites (tertiary alicyclic amines) is 1. The Kier molecular flexibility index (Phi) is 6.37. The number of rotatable bonds is 2. The molecule has 2 fully saturated rings. The molecule has 1 saturated carbocycles. The van der Waals surface area contributed by atoms with Crippen molar-refractivity contribution < 1.29 is 64.3 Å². The average Bonchev–Trinajstić information content (AvgIpc) is 2.16. The predicted molar refractivity (Wildman–Crippen MR) is 55.6 cm³/mol. The average molecular weight is 259 g/mol. The van der Waals surface area contributed by atoms with E-state index in [0.717, 1.165) is 32.1 Å². The van der Waals surface area contributed by atoms with Crippen LogP contribution in [0.15, 0.2) is 0 Å². The first kappa shape index (κ1) is 15.5. The van der Waals surface area contributed by atoms with Crippen LogP contribution in [-0.4, -0.2) is 30.9 Å². The van der Waals surface area contributed by atoms with Gasteiger partial charge in [0.15, 0.2) is 0 Å². The van der Waals surface area contributed by atoms with Crippen LogP contribution in [0.2, 0.25) is 0 Å². The molecule has 2 rings (SSSR count). The Balaban J connectivity index is 0.00000128. The topological polar surface area (TPSA) is 3.24 Å². The number of nitrogens with zero attached hydrogens (tertiary/aromatic N) is 1. The van der Waals surface area contributed by atoms with Crippen molar-refractivity contribution in [2.24, 2.45) is 5.92 Å². The van der Waals surface area contributed by atoms with E-state index in [-0.39, 0.29) is 57.4 Å². The summed E-state index contributed by atoms with van der Waals surface area (Å²) >= 11 is 0. The maximum Gasteiger partial charge on any atom is 1.00 e. The minimum atomic E-state index is -4.64. The van der Waals surface area contributed by atoms with E-state index in [4.69, 9.17) is 0 Å². The second kappa shape index (κ2) is 6.57. The van der Waals surface area contributed by atoms with Gasteiger partial charge >= 0.3 is 58.4 Å². The standard InChI is InChI=1S/C10H18BF3N.K/c12-11(13,14)8-15-7-3-5-9-4-1-2-6-10(9)15;/h9-10H,1-8H2;/q-1;+1.